The van der Waals surface area contributed by atoms with Crippen LogP contribution in [0.25, 0.3) is 0 Å². The highest BCUT2D eigenvalue weighted by molar-refractivity contribution is 5.77. The smallest absolute Gasteiger partial charge is 0.318 e. The van der Waals surface area contributed by atoms with E-state index in [0.29, 0.717) is 0 Å². The minimum atomic E-state index is -0.177. The van der Waals surface area contributed by atoms with Gasteiger partial charge in [-0.25, -0.2) is 0 Å². The van der Waals surface area contributed by atoms with E-state index in [1.165, 1.54) is 12.7 Å². The van der Waals surface area contributed by atoms with Crippen molar-refractivity contribution >= 4 is 5.97 Å². The van der Waals surface area contributed by atoms with Crippen LogP contribution in [0.2, 0.25) is 0 Å². The van der Waals surface area contributed by atoms with Gasteiger partial charge in [0.05, 0.1) is 26.7 Å². The van der Waals surface area contributed by atoms with Gasteiger partial charge in [0.1, 0.15) is 12.0 Å². The van der Waals surface area contributed by atoms with Gasteiger partial charge in [-0.2, -0.15) is 0 Å². The lowest BCUT2D eigenvalue weighted by Crippen LogP contribution is -2.42. The summed E-state index contributed by atoms with van der Waals surface area (Å²) in [7, 11) is 1.51. The normalized spacial score (nSPS) is 33.6. The third kappa shape index (κ3) is 1.74. The average Bonchev–Trinajstić information content (AvgIpc) is 2.95. The molecule has 1 aromatic carbocycles. The van der Waals surface area contributed by atoms with Crippen molar-refractivity contribution in [2.75, 3.05) is 26.7 Å². The first-order valence-corrected chi connectivity index (χ1v) is 6.66. The first-order valence-electron chi connectivity index (χ1n) is 6.66. The molecule has 1 aromatic rings. The molecular formula is C15H20NO2+. The topological polar surface area (TPSA) is 26.3 Å². The van der Waals surface area contributed by atoms with Gasteiger partial charge in [-0.3, -0.25) is 4.79 Å². The van der Waals surface area contributed by atoms with E-state index in [1.807, 2.05) is 0 Å². The Morgan fingerprint density at radius 3 is 2.56 bits per heavy atom. The Balaban J connectivity index is 1.78. The van der Waals surface area contributed by atoms with Crippen LogP contribution < -0.4 is 0 Å². The highest BCUT2D eigenvalue weighted by Crippen LogP contribution is 2.47. The molecule has 0 amide bonds. The molecule has 3 rings (SSSR count). The van der Waals surface area contributed by atoms with Gasteiger partial charge in [-0.1, -0.05) is 30.3 Å². The maximum atomic E-state index is 12.0. The van der Waals surface area contributed by atoms with E-state index in [4.69, 9.17) is 4.74 Å². The Morgan fingerprint density at radius 1 is 1.28 bits per heavy atom. The predicted octanol–water partition coefficient (Wildman–Crippen LogP) is 1.97. The monoisotopic (exact) mass is 246 g/mol. The van der Waals surface area contributed by atoms with Gasteiger partial charge in [0.2, 0.25) is 0 Å². The molecule has 0 aromatic heterocycles. The highest BCUT2D eigenvalue weighted by atomic mass is 16.5. The lowest BCUT2D eigenvalue weighted by molar-refractivity contribution is -0.922. The van der Waals surface area contributed by atoms with Crippen molar-refractivity contribution in [3.63, 3.8) is 0 Å². The van der Waals surface area contributed by atoms with Gasteiger partial charge >= 0.3 is 5.97 Å². The fourth-order valence-corrected chi connectivity index (χ4v) is 3.77. The Labute approximate surface area is 108 Å². The summed E-state index contributed by atoms with van der Waals surface area (Å²) in [5, 5.41) is 0. The van der Waals surface area contributed by atoms with E-state index in [9.17, 15) is 4.79 Å². The zero-order valence-electron chi connectivity index (χ0n) is 10.9. The number of hydrogen-bond acceptors (Lipinski definition) is 2. The minimum Gasteiger partial charge on any atom is -0.468 e. The predicted molar refractivity (Wildman–Crippen MR) is 68.7 cm³/mol. The van der Waals surface area contributed by atoms with Crippen LogP contribution in [0.1, 0.15) is 18.4 Å². The summed E-state index contributed by atoms with van der Waals surface area (Å²) in [6.45, 7) is 4.25. The first kappa shape index (κ1) is 11.7. The second-order valence-electron chi connectivity index (χ2n) is 5.86. The molecule has 0 aliphatic carbocycles. The number of hydrogen-bond donors (Lipinski definition) is 0. The second kappa shape index (κ2) is 4.09. The molecule has 0 spiro atoms. The summed E-state index contributed by atoms with van der Waals surface area (Å²) in [5.74, 6) is 0.00746. The number of rotatable bonds is 3. The standard InChI is InChI=1S/C15H20NO2/c1-18-14(17)15-7-9-16(12-15,10-8-15)11-13-5-3-2-4-6-13/h2-6H,7-12H2,1H3/q+1. The molecule has 2 aliphatic rings. The molecule has 0 saturated carbocycles. The quantitative estimate of drug-likeness (QED) is 0.602. The maximum absolute atomic E-state index is 12.0. The van der Waals surface area contributed by atoms with Crippen LogP contribution in [0.3, 0.4) is 0 Å². The summed E-state index contributed by atoms with van der Waals surface area (Å²) >= 11 is 0. The molecule has 3 nitrogen and oxygen atoms in total. The van der Waals surface area contributed by atoms with E-state index < -0.39 is 0 Å². The van der Waals surface area contributed by atoms with E-state index in [0.717, 1.165) is 43.5 Å². The number of nitrogens with zero attached hydrogens (tertiary/aromatic N) is 1. The second-order valence-corrected chi connectivity index (χ2v) is 5.86. The van der Waals surface area contributed by atoms with E-state index in [2.05, 4.69) is 30.3 Å². The van der Waals surface area contributed by atoms with Crippen LogP contribution in [-0.2, 0) is 16.1 Å². The molecule has 2 heterocycles. The highest BCUT2D eigenvalue weighted by Gasteiger charge is 2.60. The van der Waals surface area contributed by atoms with Crippen molar-refractivity contribution in [2.45, 2.75) is 19.4 Å². The molecule has 0 radical (unpaired) electrons. The third-order valence-corrected chi connectivity index (χ3v) is 4.75. The zero-order valence-corrected chi connectivity index (χ0v) is 10.9. The Kier molecular flexibility index (Phi) is 2.67. The molecule has 2 fully saturated rings. The number of benzene rings is 1. The minimum absolute atomic E-state index is 0.00746. The van der Waals surface area contributed by atoms with Crippen LogP contribution in [0.5, 0.6) is 0 Å². The van der Waals surface area contributed by atoms with Crippen LogP contribution in [-0.4, -0.2) is 37.2 Å². The molecule has 0 N–H and O–H groups in total. The van der Waals surface area contributed by atoms with Crippen LogP contribution in [0.15, 0.2) is 30.3 Å². The Morgan fingerprint density at radius 2 is 1.94 bits per heavy atom. The Hall–Kier alpha value is -1.35. The lowest BCUT2D eigenvalue weighted by atomic mass is 9.85. The third-order valence-electron chi connectivity index (χ3n) is 4.75. The van der Waals surface area contributed by atoms with E-state index in [1.54, 1.807) is 0 Å². The molecule has 3 heteroatoms. The fraction of sp³-hybridized carbons (Fsp3) is 0.533. The Bertz CT molecular complexity index is 447. The van der Waals surface area contributed by atoms with Crippen LogP contribution in [0, 0.1) is 5.41 Å². The number of ether oxygens (including phenoxy) is 1. The summed E-state index contributed by atoms with van der Waals surface area (Å²) in [6, 6.07) is 10.6. The van der Waals surface area contributed by atoms with Crippen molar-refractivity contribution in [3.05, 3.63) is 35.9 Å². The lowest BCUT2D eigenvalue weighted by Gasteiger charge is -2.31. The van der Waals surface area contributed by atoms with Gasteiger partial charge < -0.3 is 9.22 Å². The summed E-state index contributed by atoms with van der Waals surface area (Å²) in [4.78, 5) is 12.0. The van der Waals surface area contributed by atoms with Crippen molar-refractivity contribution in [1.82, 2.24) is 0 Å². The molecule has 2 saturated heterocycles. The molecule has 2 aliphatic heterocycles. The molecule has 2 bridgehead atoms. The number of quaternary nitrogens is 1. The van der Waals surface area contributed by atoms with Gasteiger partial charge in [-0.15, -0.1) is 0 Å². The molecule has 0 unspecified atom stereocenters. The van der Waals surface area contributed by atoms with Gasteiger partial charge in [0.15, 0.2) is 0 Å². The van der Waals surface area contributed by atoms with Gasteiger partial charge in [-0.05, 0) is 0 Å². The summed E-state index contributed by atoms with van der Waals surface area (Å²) < 4.78 is 6.07. The molecule has 0 atom stereocenters. The number of methoxy groups -OCH3 is 1. The first-order chi connectivity index (χ1) is 8.68. The van der Waals surface area contributed by atoms with Crippen molar-refractivity contribution in [3.8, 4) is 0 Å². The van der Waals surface area contributed by atoms with E-state index >= 15 is 0 Å². The number of piperidine rings is 1. The SMILES string of the molecule is COC(=O)C12CC[N+](Cc3ccccc3)(CC1)C2. The van der Waals surface area contributed by atoms with Crippen LogP contribution in [0.4, 0.5) is 0 Å². The van der Waals surface area contributed by atoms with Crippen molar-refractivity contribution < 1.29 is 14.0 Å². The summed E-state index contributed by atoms with van der Waals surface area (Å²) in [5.41, 5.74) is 1.20. The number of carbonyl (C=O) groups excluding carboxylic acids is 1. The molecule has 18 heavy (non-hydrogen) atoms. The van der Waals surface area contributed by atoms with Crippen molar-refractivity contribution in [1.29, 1.82) is 0 Å². The van der Waals surface area contributed by atoms with Crippen LogP contribution >= 0.6 is 0 Å². The largest absolute Gasteiger partial charge is 0.468 e. The fourth-order valence-electron chi connectivity index (χ4n) is 3.77. The number of esters is 1. The molecule has 96 valence electrons. The van der Waals surface area contributed by atoms with Gasteiger partial charge in [0, 0.05) is 18.4 Å². The van der Waals surface area contributed by atoms with Crippen molar-refractivity contribution in [2.24, 2.45) is 5.41 Å². The summed E-state index contributed by atoms with van der Waals surface area (Å²) in [6.07, 6.45) is 1.99. The molecular weight excluding hydrogens is 226 g/mol. The zero-order chi connectivity index (χ0) is 12.6. The average molecular weight is 246 g/mol. The maximum Gasteiger partial charge on any atom is 0.318 e. The van der Waals surface area contributed by atoms with Gasteiger partial charge in [0.25, 0.3) is 0 Å². The number of fused-ring (bicyclic) bond motifs is 2. The van der Waals surface area contributed by atoms with E-state index in [-0.39, 0.29) is 11.4 Å². The number of carbonyl (C=O) groups is 1.